The smallest absolute Gasteiger partial charge is 0.422 e. The van der Waals surface area contributed by atoms with Gasteiger partial charge in [0.05, 0.1) is 17.8 Å². The van der Waals surface area contributed by atoms with Crippen molar-refractivity contribution in [3.8, 4) is 17.0 Å². The van der Waals surface area contributed by atoms with E-state index in [1.807, 2.05) is 0 Å². The van der Waals surface area contributed by atoms with E-state index in [4.69, 9.17) is 4.74 Å². The monoisotopic (exact) mass is 471 g/mol. The first-order valence-corrected chi connectivity index (χ1v) is 9.26. The largest absolute Gasteiger partial charge is 0.483 e. The number of carbonyl (C=O) groups excluding carboxylic acids is 1. The summed E-state index contributed by atoms with van der Waals surface area (Å²) in [5.74, 6) is -1.90. The van der Waals surface area contributed by atoms with E-state index in [-0.39, 0.29) is 34.7 Å². The van der Waals surface area contributed by atoms with Gasteiger partial charge in [0.15, 0.2) is 6.61 Å². The summed E-state index contributed by atoms with van der Waals surface area (Å²) in [7, 11) is 0. The lowest BCUT2D eigenvalue weighted by Gasteiger charge is -2.16. The van der Waals surface area contributed by atoms with Crippen molar-refractivity contribution in [2.24, 2.45) is 0 Å². The lowest BCUT2D eigenvalue weighted by Crippen LogP contribution is -2.24. The summed E-state index contributed by atoms with van der Waals surface area (Å²) in [4.78, 5) is 21.8. The second-order valence-electron chi connectivity index (χ2n) is 7.02. The highest BCUT2D eigenvalue weighted by atomic mass is 19.4. The summed E-state index contributed by atoms with van der Waals surface area (Å²) in [5.41, 5.74) is -0.476. The maximum atomic E-state index is 13.7. The number of hydrogen-bond donors (Lipinski definition) is 0. The average Bonchev–Trinajstić information content (AvgIpc) is 3.08. The molecule has 12 heteroatoms. The van der Waals surface area contributed by atoms with Gasteiger partial charge < -0.3 is 4.74 Å². The van der Waals surface area contributed by atoms with E-state index in [1.54, 1.807) is 0 Å². The minimum absolute atomic E-state index is 0.0209. The van der Waals surface area contributed by atoms with E-state index in [1.165, 1.54) is 18.3 Å². The van der Waals surface area contributed by atoms with Gasteiger partial charge in [0, 0.05) is 35.2 Å². The molecule has 0 atom stereocenters. The zero-order chi connectivity index (χ0) is 24.0. The van der Waals surface area contributed by atoms with E-state index >= 15 is 0 Å². The lowest BCUT2D eigenvalue weighted by molar-refractivity contribution is -0.153. The van der Waals surface area contributed by atoms with Crippen LogP contribution in [0.15, 0.2) is 48.8 Å². The van der Waals surface area contributed by atoms with Crippen LogP contribution in [0.25, 0.3) is 11.3 Å². The average molecular weight is 471 g/mol. The Bertz CT molecular complexity index is 1210. The molecule has 0 saturated carbocycles. The number of benzene rings is 1. The topological polar surface area (TPSA) is 55.3 Å². The molecule has 0 radical (unpaired) electrons. The molecule has 4 rings (SSSR count). The normalized spacial score (nSPS) is 13.9. The quantitative estimate of drug-likeness (QED) is 0.478. The third-order valence-corrected chi connectivity index (χ3v) is 4.79. The van der Waals surface area contributed by atoms with Gasteiger partial charge in [0.1, 0.15) is 17.4 Å². The first kappa shape index (κ1) is 22.5. The number of ether oxygens (including phenoxy) is 1. The maximum Gasteiger partial charge on any atom is 0.422 e. The maximum absolute atomic E-state index is 13.7. The zero-order valence-electron chi connectivity index (χ0n) is 16.3. The van der Waals surface area contributed by atoms with Crippen LogP contribution in [0.5, 0.6) is 5.75 Å². The highest BCUT2D eigenvalue weighted by Crippen LogP contribution is 2.38. The molecule has 0 bridgehead atoms. The molecule has 3 heterocycles. The summed E-state index contributed by atoms with van der Waals surface area (Å²) in [6.45, 7) is -1.83. The number of alkyl halides is 6. The van der Waals surface area contributed by atoms with Crippen molar-refractivity contribution in [1.82, 2.24) is 9.97 Å². The molecular formula is C21H12F7N3O2. The van der Waals surface area contributed by atoms with Crippen molar-refractivity contribution in [2.45, 2.75) is 18.9 Å². The van der Waals surface area contributed by atoms with E-state index in [0.29, 0.717) is 6.20 Å². The molecule has 1 aliphatic heterocycles. The third kappa shape index (κ3) is 4.59. The molecule has 3 aromatic rings. The van der Waals surface area contributed by atoms with Gasteiger partial charge in [0.2, 0.25) is 0 Å². The van der Waals surface area contributed by atoms with Crippen LogP contribution < -0.4 is 9.64 Å². The first-order valence-electron chi connectivity index (χ1n) is 9.26. The fourth-order valence-electron chi connectivity index (χ4n) is 3.33. The van der Waals surface area contributed by atoms with Crippen LogP contribution in [-0.4, -0.2) is 28.7 Å². The number of pyridine rings is 2. The summed E-state index contributed by atoms with van der Waals surface area (Å²) in [5, 5.41) is 0. The van der Waals surface area contributed by atoms with Crippen molar-refractivity contribution >= 4 is 11.7 Å². The Labute approximate surface area is 181 Å². The molecule has 2 aromatic heterocycles. The molecule has 0 N–H and O–H groups in total. The Morgan fingerprint density at radius 1 is 0.970 bits per heavy atom. The van der Waals surface area contributed by atoms with Crippen molar-refractivity contribution in [2.75, 3.05) is 11.5 Å². The SMILES string of the molecule is O=C1c2ccnc(-c3ccc(F)cc3OCC(F)(F)F)c2CN1c1ccc(C(F)(F)F)cn1. The van der Waals surface area contributed by atoms with Crippen LogP contribution in [0.2, 0.25) is 0 Å². The van der Waals surface area contributed by atoms with E-state index in [9.17, 15) is 35.5 Å². The molecule has 0 unspecified atom stereocenters. The fourth-order valence-corrected chi connectivity index (χ4v) is 3.33. The number of nitrogens with zero attached hydrogens (tertiary/aromatic N) is 3. The number of hydrogen-bond acceptors (Lipinski definition) is 4. The van der Waals surface area contributed by atoms with Crippen molar-refractivity contribution in [3.63, 3.8) is 0 Å². The second kappa shape index (κ2) is 8.01. The fraction of sp³-hybridized carbons (Fsp3) is 0.190. The number of rotatable bonds is 4. The molecule has 0 spiro atoms. The van der Waals surface area contributed by atoms with Gasteiger partial charge in [0.25, 0.3) is 5.91 Å². The lowest BCUT2D eigenvalue weighted by atomic mass is 10.0. The molecule has 1 aromatic carbocycles. The van der Waals surface area contributed by atoms with Gasteiger partial charge in [-0.05, 0) is 30.3 Å². The molecule has 5 nitrogen and oxygen atoms in total. The molecule has 33 heavy (non-hydrogen) atoms. The summed E-state index contributed by atoms with van der Waals surface area (Å²) < 4.78 is 94.7. The molecule has 172 valence electrons. The zero-order valence-corrected chi connectivity index (χ0v) is 16.3. The Balaban J connectivity index is 1.70. The molecular weight excluding hydrogens is 459 g/mol. The van der Waals surface area contributed by atoms with Crippen LogP contribution in [-0.2, 0) is 12.7 Å². The van der Waals surface area contributed by atoms with Crippen LogP contribution in [0.1, 0.15) is 21.5 Å². The highest BCUT2D eigenvalue weighted by molar-refractivity contribution is 6.10. The summed E-state index contributed by atoms with van der Waals surface area (Å²) in [6, 6.07) is 6.13. The van der Waals surface area contributed by atoms with Crippen LogP contribution in [0.4, 0.5) is 36.6 Å². The predicted molar refractivity (Wildman–Crippen MR) is 101 cm³/mol. The van der Waals surface area contributed by atoms with Crippen molar-refractivity contribution in [1.29, 1.82) is 0 Å². The minimum atomic E-state index is -4.67. The third-order valence-electron chi connectivity index (χ3n) is 4.79. The molecule has 1 aliphatic rings. The van der Waals surface area contributed by atoms with Gasteiger partial charge in [-0.2, -0.15) is 26.3 Å². The Kier molecular flexibility index (Phi) is 5.46. The number of fused-ring (bicyclic) bond motifs is 1. The summed E-state index contributed by atoms with van der Waals surface area (Å²) >= 11 is 0. The van der Waals surface area contributed by atoms with Crippen LogP contribution in [0, 0.1) is 5.82 Å². The minimum Gasteiger partial charge on any atom is -0.483 e. The number of aromatic nitrogens is 2. The summed E-state index contributed by atoms with van der Waals surface area (Å²) in [6.07, 6.45) is -7.44. The Morgan fingerprint density at radius 2 is 1.73 bits per heavy atom. The second-order valence-corrected chi connectivity index (χ2v) is 7.02. The number of halogens is 7. The Hall–Kier alpha value is -3.70. The van der Waals surface area contributed by atoms with E-state index in [0.717, 1.165) is 29.2 Å². The van der Waals surface area contributed by atoms with Gasteiger partial charge in [-0.25, -0.2) is 9.37 Å². The van der Waals surface area contributed by atoms with E-state index < -0.39 is 42.0 Å². The molecule has 0 saturated heterocycles. The van der Waals surface area contributed by atoms with Crippen molar-refractivity contribution < 1.29 is 40.3 Å². The van der Waals surface area contributed by atoms with Crippen LogP contribution >= 0.6 is 0 Å². The predicted octanol–water partition coefficient (Wildman–Crippen LogP) is 5.40. The first-order chi connectivity index (χ1) is 15.4. The van der Waals surface area contributed by atoms with Crippen molar-refractivity contribution in [3.05, 3.63) is 71.3 Å². The van der Waals surface area contributed by atoms with Gasteiger partial charge in [-0.1, -0.05) is 0 Å². The Morgan fingerprint density at radius 3 is 2.36 bits per heavy atom. The number of carbonyl (C=O) groups is 1. The van der Waals surface area contributed by atoms with Gasteiger partial charge >= 0.3 is 12.4 Å². The molecule has 0 aliphatic carbocycles. The van der Waals surface area contributed by atoms with E-state index in [2.05, 4.69) is 9.97 Å². The molecule has 1 amide bonds. The number of anilines is 1. The standard InChI is InChI=1S/C21H12F7N3O2/c22-12-2-3-14(16(7-12)33-10-20(23,24)25)18-15-9-31(19(32)13(15)5-6-29-18)17-4-1-11(8-30-17)21(26,27)28/h1-8H,9-10H2. The number of amides is 1. The van der Waals surface area contributed by atoms with Crippen LogP contribution in [0.3, 0.4) is 0 Å². The van der Waals surface area contributed by atoms with Gasteiger partial charge in [-0.15, -0.1) is 0 Å². The highest BCUT2D eigenvalue weighted by Gasteiger charge is 2.35. The van der Waals surface area contributed by atoms with Gasteiger partial charge in [-0.3, -0.25) is 14.7 Å². The molecule has 0 fully saturated rings.